The smallest absolute Gasteiger partial charge is 0.240 e. The van der Waals surface area contributed by atoms with Crippen LogP contribution < -0.4 is 10.2 Å². The van der Waals surface area contributed by atoms with Crippen LogP contribution in [0.2, 0.25) is 0 Å². The van der Waals surface area contributed by atoms with E-state index >= 15 is 0 Å². The lowest BCUT2D eigenvalue weighted by molar-refractivity contribution is -0.123. The molecule has 1 atom stereocenters. The molecule has 1 aliphatic heterocycles. The summed E-state index contributed by atoms with van der Waals surface area (Å²) in [6.07, 6.45) is 10.7. The number of aromatic nitrogens is 4. The van der Waals surface area contributed by atoms with Crippen molar-refractivity contribution in [2.75, 3.05) is 24.5 Å². The molecule has 0 unspecified atom stereocenters. The summed E-state index contributed by atoms with van der Waals surface area (Å²) in [6, 6.07) is 0. The molecular weight excluding hydrogens is 320 g/mol. The van der Waals surface area contributed by atoms with E-state index in [1.54, 1.807) is 31.0 Å². The number of imidazole rings is 1. The van der Waals surface area contributed by atoms with Gasteiger partial charge in [0.25, 0.3) is 0 Å². The average molecular weight is 344 g/mol. The fourth-order valence-electron chi connectivity index (χ4n) is 3.18. The molecule has 25 heavy (non-hydrogen) atoms. The fraction of sp³-hybridized carbons (Fsp3) is 0.529. The Bertz CT molecular complexity index is 704. The Hall–Kier alpha value is -2.48. The van der Waals surface area contributed by atoms with E-state index < -0.39 is 5.60 Å². The largest absolute Gasteiger partial charge is 0.386 e. The molecule has 1 fully saturated rings. The number of hydrogen-bond donors (Lipinski definition) is 2. The van der Waals surface area contributed by atoms with Gasteiger partial charge in [0.1, 0.15) is 18.2 Å². The van der Waals surface area contributed by atoms with Gasteiger partial charge in [-0.15, -0.1) is 0 Å². The third-order valence-corrected chi connectivity index (χ3v) is 4.48. The highest BCUT2D eigenvalue weighted by Gasteiger charge is 2.34. The van der Waals surface area contributed by atoms with Crippen LogP contribution in [0.1, 0.15) is 25.6 Å². The summed E-state index contributed by atoms with van der Waals surface area (Å²) in [6.45, 7) is 3.69. The first-order chi connectivity index (χ1) is 12.1. The first-order valence-electron chi connectivity index (χ1n) is 8.60. The fourth-order valence-corrected chi connectivity index (χ4v) is 3.18. The van der Waals surface area contributed by atoms with Crippen molar-refractivity contribution < 1.29 is 9.90 Å². The van der Waals surface area contributed by atoms with Crippen LogP contribution in [0.3, 0.4) is 0 Å². The lowest BCUT2D eigenvalue weighted by Gasteiger charge is -2.39. The van der Waals surface area contributed by atoms with Crippen molar-refractivity contribution in [2.45, 2.75) is 38.3 Å². The summed E-state index contributed by atoms with van der Waals surface area (Å²) in [5, 5.41) is 13.7. The zero-order valence-electron chi connectivity index (χ0n) is 14.4. The van der Waals surface area contributed by atoms with Crippen LogP contribution in [0.25, 0.3) is 0 Å². The van der Waals surface area contributed by atoms with E-state index in [1.165, 1.54) is 0 Å². The molecule has 0 radical (unpaired) electrons. The molecule has 0 spiro atoms. The van der Waals surface area contributed by atoms with Crippen molar-refractivity contribution in [1.29, 1.82) is 0 Å². The molecule has 0 bridgehead atoms. The topological polar surface area (TPSA) is 96.2 Å². The molecule has 8 heteroatoms. The lowest BCUT2D eigenvalue weighted by Crippen LogP contribution is -2.54. The van der Waals surface area contributed by atoms with Gasteiger partial charge < -0.3 is 19.9 Å². The Morgan fingerprint density at radius 3 is 3.00 bits per heavy atom. The number of aliphatic hydroxyl groups is 1. The maximum atomic E-state index is 12.2. The molecule has 134 valence electrons. The van der Waals surface area contributed by atoms with E-state index in [-0.39, 0.29) is 19.0 Å². The van der Waals surface area contributed by atoms with E-state index in [9.17, 15) is 9.90 Å². The summed E-state index contributed by atoms with van der Waals surface area (Å²) >= 11 is 0. The first kappa shape index (κ1) is 17.3. The van der Waals surface area contributed by atoms with Gasteiger partial charge >= 0.3 is 0 Å². The highest BCUT2D eigenvalue weighted by Crippen LogP contribution is 2.23. The summed E-state index contributed by atoms with van der Waals surface area (Å²) in [5.41, 5.74) is -0.964. The van der Waals surface area contributed by atoms with Crippen LogP contribution in [-0.2, 0) is 17.8 Å². The lowest BCUT2D eigenvalue weighted by atomic mass is 9.92. The predicted octanol–water partition coefficient (Wildman–Crippen LogP) is 0.383. The van der Waals surface area contributed by atoms with Crippen molar-refractivity contribution >= 4 is 11.7 Å². The van der Waals surface area contributed by atoms with Crippen molar-refractivity contribution in [2.24, 2.45) is 0 Å². The second kappa shape index (κ2) is 7.60. The number of amides is 1. The number of carbonyl (C=O) groups excluding carboxylic acids is 1. The molecule has 2 aromatic rings. The Morgan fingerprint density at radius 2 is 2.24 bits per heavy atom. The number of aryl methyl sites for hydroxylation is 1. The second-order valence-corrected chi connectivity index (χ2v) is 6.41. The number of nitrogens with zero attached hydrogens (tertiary/aromatic N) is 5. The maximum absolute atomic E-state index is 12.2. The highest BCUT2D eigenvalue weighted by atomic mass is 16.3. The summed E-state index contributed by atoms with van der Waals surface area (Å²) < 4.78 is 1.83. The predicted molar refractivity (Wildman–Crippen MR) is 93.0 cm³/mol. The van der Waals surface area contributed by atoms with Gasteiger partial charge in [0.05, 0.1) is 11.8 Å². The number of nitrogens with one attached hydrogen (secondary N) is 1. The summed E-state index contributed by atoms with van der Waals surface area (Å²) in [4.78, 5) is 26.8. The van der Waals surface area contributed by atoms with E-state index in [1.807, 2.05) is 16.4 Å². The van der Waals surface area contributed by atoms with Crippen LogP contribution in [0, 0.1) is 0 Å². The van der Waals surface area contributed by atoms with Gasteiger partial charge in [-0.2, -0.15) is 0 Å². The third kappa shape index (κ3) is 4.33. The van der Waals surface area contributed by atoms with Crippen molar-refractivity contribution in [1.82, 2.24) is 24.8 Å². The monoisotopic (exact) mass is 344 g/mol. The molecule has 0 aromatic carbocycles. The van der Waals surface area contributed by atoms with E-state index in [4.69, 9.17) is 0 Å². The van der Waals surface area contributed by atoms with Gasteiger partial charge in [0, 0.05) is 50.8 Å². The normalized spacial score (nSPS) is 20.5. The molecule has 3 heterocycles. The minimum Gasteiger partial charge on any atom is -0.386 e. The van der Waals surface area contributed by atoms with E-state index in [0.717, 1.165) is 31.0 Å². The Balaban J connectivity index is 1.55. The zero-order valence-corrected chi connectivity index (χ0v) is 14.4. The molecule has 1 aliphatic rings. The molecular formula is C17H24N6O2. The van der Waals surface area contributed by atoms with Crippen LogP contribution in [0.15, 0.2) is 31.0 Å². The van der Waals surface area contributed by atoms with Gasteiger partial charge in [-0.3, -0.25) is 9.78 Å². The maximum Gasteiger partial charge on any atom is 0.240 e. The molecule has 8 nitrogen and oxygen atoms in total. The van der Waals surface area contributed by atoms with Gasteiger partial charge in [0.15, 0.2) is 0 Å². The van der Waals surface area contributed by atoms with Crippen LogP contribution in [0.4, 0.5) is 5.82 Å². The first-order valence-corrected chi connectivity index (χ1v) is 8.60. The Morgan fingerprint density at radius 1 is 1.36 bits per heavy atom. The van der Waals surface area contributed by atoms with Crippen LogP contribution in [-0.4, -0.2) is 55.8 Å². The van der Waals surface area contributed by atoms with Crippen molar-refractivity contribution in [3.8, 4) is 0 Å². The second-order valence-electron chi connectivity index (χ2n) is 6.41. The minimum absolute atomic E-state index is 0.127. The molecule has 1 saturated heterocycles. The van der Waals surface area contributed by atoms with Crippen molar-refractivity contribution in [3.05, 3.63) is 36.8 Å². The number of rotatable bonds is 6. The van der Waals surface area contributed by atoms with E-state index in [2.05, 4.69) is 20.3 Å². The third-order valence-electron chi connectivity index (χ3n) is 4.48. The average Bonchev–Trinajstić information content (AvgIpc) is 3.08. The number of carbonyl (C=O) groups is 1. The van der Waals surface area contributed by atoms with E-state index in [0.29, 0.717) is 13.0 Å². The highest BCUT2D eigenvalue weighted by molar-refractivity contribution is 5.75. The number of β-amino-alcohol motifs (C(OH)–C–C–N with tert-alkyl or cyclic N) is 1. The molecule has 3 rings (SSSR count). The number of anilines is 1. The molecule has 0 saturated carbocycles. The molecule has 2 aromatic heterocycles. The number of piperidine rings is 1. The minimum atomic E-state index is -0.964. The number of hydrogen-bond acceptors (Lipinski definition) is 6. The van der Waals surface area contributed by atoms with Gasteiger partial charge in [-0.1, -0.05) is 6.92 Å². The summed E-state index contributed by atoms with van der Waals surface area (Å²) in [7, 11) is 0. The molecule has 2 N–H and O–H groups in total. The van der Waals surface area contributed by atoms with Crippen LogP contribution >= 0.6 is 0 Å². The SMILES string of the molecule is CCc1nccn1CC(=O)NC[C@@]1(O)CCCN(c2cnccn2)C1. The van der Waals surface area contributed by atoms with Crippen LogP contribution in [0.5, 0.6) is 0 Å². The van der Waals surface area contributed by atoms with Gasteiger partial charge in [0.2, 0.25) is 5.91 Å². The van der Waals surface area contributed by atoms with Crippen molar-refractivity contribution in [3.63, 3.8) is 0 Å². The summed E-state index contributed by atoms with van der Waals surface area (Å²) in [5.74, 6) is 1.50. The quantitative estimate of drug-likeness (QED) is 0.787. The standard InChI is InChI=1S/C17H24N6O2/c1-2-14-20-7-9-22(14)11-16(24)21-12-17(25)4-3-8-23(13-17)15-10-18-5-6-19-15/h5-7,9-10,25H,2-4,8,11-13H2,1H3,(H,21,24)/t17-/m0/s1. The Kier molecular flexibility index (Phi) is 5.28. The van der Waals surface area contributed by atoms with Gasteiger partial charge in [-0.05, 0) is 12.8 Å². The molecule has 0 aliphatic carbocycles. The Labute approximate surface area is 146 Å². The molecule has 1 amide bonds. The van der Waals surface area contributed by atoms with Gasteiger partial charge in [-0.25, -0.2) is 9.97 Å². The zero-order chi connectivity index (χ0) is 17.7.